The molecule has 1 spiro atoms. The van der Waals surface area contributed by atoms with Crippen molar-refractivity contribution < 1.29 is 9.53 Å². The number of hydrogen-bond acceptors (Lipinski definition) is 7. The summed E-state index contributed by atoms with van der Waals surface area (Å²) in [6, 6.07) is 10.4. The first-order valence-corrected chi connectivity index (χ1v) is 15.7. The van der Waals surface area contributed by atoms with Crippen LogP contribution in [0.15, 0.2) is 30.6 Å². The zero-order valence-electron chi connectivity index (χ0n) is 24.2. The fourth-order valence-corrected chi connectivity index (χ4v) is 7.58. The van der Waals surface area contributed by atoms with Gasteiger partial charge in [-0.15, -0.1) is 0 Å². The number of nitrogens with zero attached hydrogens (tertiary/aromatic N) is 5. The molecule has 2 aliphatic carbocycles. The number of nitrogens with one attached hydrogen (secondary N) is 2. The number of imidazole rings is 1. The fourth-order valence-electron chi connectivity index (χ4n) is 7.58. The van der Waals surface area contributed by atoms with Gasteiger partial charge in [-0.3, -0.25) is 9.69 Å². The quantitative estimate of drug-likeness (QED) is 0.474. The number of aromatic nitrogens is 3. The van der Waals surface area contributed by atoms with Crippen LogP contribution in [0.25, 0.3) is 22.3 Å². The number of pyridine rings is 1. The molecule has 2 N–H and O–H groups in total. The summed E-state index contributed by atoms with van der Waals surface area (Å²) in [6.07, 6.45) is 8.10. The third kappa shape index (κ3) is 4.19. The topological polar surface area (TPSA) is 87.6 Å². The maximum absolute atomic E-state index is 14.4. The molecule has 2 aromatic heterocycles. The van der Waals surface area contributed by atoms with E-state index >= 15 is 0 Å². The van der Waals surface area contributed by atoms with E-state index in [0.29, 0.717) is 24.0 Å². The molecule has 4 fully saturated rings. The van der Waals surface area contributed by atoms with Crippen molar-refractivity contribution in [1.29, 1.82) is 0 Å². The van der Waals surface area contributed by atoms with Crippen molar-refractivity contribution in [2.45, 2.75) is 82.0 Å². The van der Waals surface area contributed by atoms with E-state index in [1.807, 2.05) is 6.33 Å². The molecule has 9 heteroatoms. The highest BCUT2D eigenvalue weighted by Crippen LogP contribution is 2.51. The van der Waals surface area contributed by atoms with Gasteiger partial charge in [0.05, 0.1) is 36.2 Å². The zero-order chi connectivity index (χ0) is 27.7. The average Bonchev–Trinajstić information content (AvgIpc) is 3.63. The van der Waals surface area contributed by atoms with Crippen molar-refractivity contribution in [3.63, 3.8) is 0 Å². The van der Waals surface area contributed by atoms with Crippen LogP contribution >= 0.6 is 0 Å². The Morgan fingerprint density at radius 3 is 2.59 bits per heavy atom. The van der Waals surface area contributed by atoms with Crippen LogP contribution in [0.4, 0.5) is 11.5 Å². The monoisotopic (exact) mass is 555 g/mol. The predicted molar refractivity (Wildman–Crippen MR) is 160 cm³/mol. The van der Waals surface area contributed by atoms with Gasteiger partial charge >= 0.3 is 0 Å². The number of piperidine rings is 1. The number of anilines is 2. The molecule has 0 radical (unpaired) electrons. The summed E-state index contributed by atoms with van der Waals surface area (Å²) in [7, 11) is 0. The Morgan fingerprint density at radius 2 is 1.85 bits per heavy atom. The summed E-state index contributed by atoms with van der Waals surface area (Å²) in [5, 5.41) is 7.17. The van der Waals surface area contributed by atoms with Gasteiger partial charge in [-0.1, -0.05) is 12.1 Å². The van der Waals surface area contributed by atoms with Gasteiger partial charge in [-0.2, -0.15) is 0 Å². The number of morpholine rings is 1. The molecule has 2 saturated carbocycles. The van der Waals surface area contributed by atoms with E-state index in [-0.39, 0.29) is 6.04 Å². The van der Waals surface area contributed by atoms with E-state index in [4.69, 9.17) is 14.7 Å². The second kappa shape index (κ2) is 9.78. The highest BCUT2D eigenvalue weighted by molar-refractivity contribution is 6.09. The molecular formula is C32H41N7O2. The molecule has 0 bridgehead atoms. The largest absolute Gasteiger partial charge is 0.379 e. The minimum absolute atomic E-state index is 0.253. The van der Waals surface area contributed by atoms with Crippen molar-refractivity contribution in [3.05, 3.63) is 36.2 Å². The first-order chi connectivity index (χ1) is 20.0. The van der Waals surface area contributed by atoms with Gasteiger partial charge in [0.1, 0.15) is 5.52 Å². The Labute approximate surface area is 241 Å². The summed E-state index contributed by atoms with van der Waals surface area (Å²) in [4.78, 5) is 29.1. The van der Waals surface area contributed by atoms with Crippen LogP contribution in [0.5, 0.6) is 0 Å². The van der Waals surface area contributed by atoms with Gasteiger partial charge in [-0.05, 0) is 83.2 Å². The number of carbonyl (C=O) groups is 1. The summed E-state index contributed by atoms with van der Waals surface area (Å²) >= 11 is 0. The second-order valence-corrected chi connectivity index (χ2v) is 13.1. The van der Waals surface area contributed by atoms with Gasteiger partial charge in [-0.25, -0.2) is 9.97 Å². The molecule has 0 unspecified atom stereocenters. The Kier molecular flexibility index (Phi) is 6.13. The number of carbonyl (C=O) groups excluding carboxylic acids is 1. The van der Waals surface area contributed by atoms with E-state index in [1.165, 1.54) is 18.4 Å². The third-order valence-electron chi connectivity index (χ3n) is 10.2. The molecule has 3 aliphatic heterocycles. The third-order valence-corrected chi connectivity index (χ3v) is 10.2. The predicted octanol–water partition coefficient (Wildman–Crippen LogP) is 4.08. The standard InChI is InChI=1S/C32H41N7O2/c1-20(2)38-19-34-27-18-26(36-30(29(27)38)35-22-4-5-22)21-3-6-25-28(15-21)39(31(40)32(25)7-9-33-10-8-32)24-16-23(17-24)37-11-13-41-14-12-37/h3,6,15,18-20,22-24,33H,4-5,7-14,16-17H2,1-2H3,(H,35,36). The fraction of sp³-hybridized carbons (Fsp3) is 0.594. The summed E-state index contributed by atoms with van der Waals surface area (Å²) in [6.45, 7) is 9.77. The highest BCUT2D eigenvalue weighted by atomic mass is 16.5. The lowest BCUT2D eigenvalue weighted by Gasteiger charge is -2.48. The summed E-state index contributed by atoms with van der Waals surface area (Å²) < 4.78 is 7.79. The van der Waals surface area contributed by atoms with Crippen molar-refractivity contribution in [2.75, 3.05) is 49.6 Å². The maximum atomic E-state index is 14.4. The highest BCUT2D eigenvalue weighted by Gasteiger charge is 2.54. The number of hydrogen-bond donors (Lipinski definition) is 2. The summed E-state index contributed by atoms with van der Waals surface area (Å²) in [5.41, 5.74) is 5.91. The van der Waals surface area contributed by atoms with E-state index in [0.717, 1.165) is 98.9 Å². The summed E-state index contributed by atoms with van der Waals surface area (Å²) in [5.74, 6) is 1.23. The first-order valence-electron chi connectivity index (χ1n) is 15.7. The van der Waals surface area contributed by atoms with Crippen molar-refractivity contribution >= 4 is 28.4 Å². The van der Waals surface area contributed by atoms with Crippen molar-refractivity contribution in [1.82, 2.24) is 24.8 Å². The second-order valence-electron chi connectivity index (χ2n) is 13.1. The van der Waals surface area contributed by atoms with Crippen LogP contribution in [-0.4, -0.2) is 82.9 Å². The lowest BCUT2D eigenvalue weighted by atomic mass is 9.74. The van der Waals surface area contributed by atoms with Crippen molar-refractivity contribution in [3.8, 4) is 11.3 Å². The van der Waals surface area contributed by atoms with Crippen LogP contribution in [-0.2, 0) is 14.9 Å². The minimum Gasteiger partial charge on any atom is -0.379 e. The smallest absolute Gasteiger partial charge is 0.238 e. The normalized spacial score (nSPS) is 26.1. The number of benzene rings is 1. The zero-order valence-corrected chi connectivity index (χ0v) is 24.2. The van der Waals surface area contributed by atoms with Gasteiger partial charge < -0.3 is 24.8 Å². The van der Waals surface area contributed by atoms with Crippen LogP contribution < -0.4 is 15.5 Å². The molecule has 41 heavy (non-hydrogen) atoms. The Bertz CT molecular complexity index is 1480. The molecule has 2 saturated heterocycles. The number of rotatable bonds is 6. The van der Waals surface area contributed by atoms with E-state index in [9.17, 15) is 4.79 Å². The first kappa shape index (κ1) is 25.7. The Hall–Kier alpha value is -3.01. The molecule has 5 aliphatic rings. The van der Waals surface area contributed by atoms with Crippen LogP contribution in [0.2, 0.25) is 0 Å². The van der Waals surface area contributed by atoms with E-state index < -0.39 is 5.41 Å². The molecular weight excluding hydrogens is 514 g/mol. The maximum Gasteiger partial charge on any atom is 0.238 e. The molecule has 8 rings (SSSR count). The Balaban J connectivity index is 1.18. The lowest BCUT2D eigenvalue weighted by molar-refractivity contribution is -0.125. The number of fused-ring (bicyclic) bond motifs is 3. The van der Waals surface area contributed by atoms with Crippen LogP contribution in [0, 0.1) is 0 Å². The number of amides is 1. The van der Waals surface area contributed by atoms with Gasteiger partial charge in [0.15, 0.2) is 5.82 Å². The molecule has 1 amide bonds. The molecule has 5 heterocycles. The van der Waals surface area contributed by atoms with E-state index in [1.54, 1.807) is 0 Å². The Morgan fingerprint density at radius 1 is 1.07 bits per heavy atom. The van der Waals surface area contributed by atoms with Crippen molar-refractivity contribution in [2.24, 2.45) is 0 Å². The van der Waals surface area contributed by atoms with Gasteiger partial charge in [0.2, 0.25) is 5.91 Å². The molecule has 216 valence electrons. The SMILES string of the molecule is CC(C)n1cnc2cc(-c3ccc4c(c3)N(C3CC(N5CCOCC5)C3)C(=O)C43CCNCC3)nc(NC3CC3)c21. The molecule has 3 aromatic rings. The number of ether oxygens (including phenoxy) is 1. The van der Waals surface area contributed by atoms with Crippen LogP contribution in [0.1, 0.15) is 64.0 Å². The van der Waals surface area contributed by atoms with E-state index in [2.05, 4.69) is 63.1 Å². The minimum atomic E-state index is -0.407. The van der Waals surface area contributed by atoms with Gasteiger partial charge in [0, 0.05) is 48.5 Å². The lowest BCUT2D eigenvalue weighted by Crippen LogP contribution is -2.59. The molecule has 1 aromatic carbocycles. The molecule has 9 nitrogen and oxygen atoms in total. The molecule has 0 atom stereocenters. The van der Waals surface area contributed by atoms with Crippen LogP contribution in [0.3, 0.4) is 0 Å². The average molecular weight is 556 g/mol. The van der Waals surface area contributed by atoms with Gasteiger partial charge in [0.25, 0.3) is 0 Å².